The monoisotopic (exact) mass is 366 g/mol. The van der Waals surface area contributed by atoms with E-state index >= 15 is 0 Å². The molecule has 0 radical (unpaired) electrons. The first-order valence-electron chi connectivity index (χ1n) is 7.64. The number of nitrogens with two attached hydrogens (primary N) is 1. The Kier molecular flexibility index (Phi) is 3.80. The Morgan fingerprint density at radius 1 is 1.00 bits per heavy atom. The predicted molar refractivity (Wildman–Crippen MR) is 99.7 cm³/mol. The smallest absolute Gasteiger partial charge is 0.205 e. The van der Waals surface area contributed by atoms with Crippen molar-refractivity contribution < 1.29 is 4.74 Å². The van der Waals surface area contributed by atoms with Crippen LogP contribution >= 0.6 is 23.2 Å². The molecule has 3 nitrogen and oxygen atoms in total. The van der Waals surface area contributed by atoms with Gasteiger partial charge in [0.15, 0.2) is 0 Å². The van der Waals surface area contributed by atoms with Crippen LogP contribution in [0.1, 0.15) is 17.0 Å². The van der Waals surface area contributed by atoms with Crippen LogP contribution in [0.25, 0.3) is 10.8 Å². The van der Waals surface area contributed by atoms with Gasteiger partial charge < -0.3 is 10.5 Å². The Morgan fingerprint density at radius 2 is 1.76 bits per heavy atom. The third-order valence-electron chi connectivity index (χ3n) is 4.38. The first-order valence-corrected chi connectivity index (χ1v) is 8.40. The van der Waals surface area contributed by atoms with Crippen molar-refractivity contribution in [3.63, 3.8) is 0 Å². The largest absolute Gasteiger partial charge is 0.440 e. The van der Waals surface area contributed by atoms with Crippen molar-refractivity contribution in [2.75, 3.05) is 0 Å². The second kappa shape index (κ2) is 6.00. The summed E-state index contributed by atoms with van der Waals surface area (Å²) >= 11 is 12.4. The van der Waals surface area contributed by atoms with Crippen LogP contribution in [0.5, 0.6) is 5.75 Å². The van der Waals surface area contributed by atoms with Crippen LogP contribution < -0.4 is 10.5 Å². The van der Waals surface area contributed by atoms with Gasteiger partial charge in [0.1, 0.15) is 17.4 Å². The summed E-state index contributed by atoms with van der Waals surface area (Å²) in [5.74, 6) is 0.358. The maximum atomic E-state index is 9.64. The molecule has 1 aliphatic heterocycles. The molecule has 0 fully saturated rings. The van der Waals surface area contributed by atoms with E-state index in [0.717, 1.165) is 21.9 Å². The molecule has 0 aromatic heterocycles. The molecule has 3 aromatic carbocycles. The van der Waals surface area contributed by atoms with E-state index in [1.807, 2.05) is 42.5 Å². The molecule has 1 aliphatic rings. The number of fused-ring (bicyclic) bond motifs is 3. The van der Waals surface area contributed by atoms with Gasteiger partial charge in [-0.25, -0.2) is 0 Å². The third kappa shape index (κ3) is 2.51. The van der Waals surface area contributed by atoms with Crippen molar-refractivity contribution in [3.8, 4) is 11.8 Å². The molecule has 0 amide bonds. The van der Waals surface area contributed by atoms with E-state index in [1.165, 1.54) is 0 Å². The molecule has 0 saturated carbocycles. The molecule has 3 aromatic rings. The first-order chi connectivity index (χ1) is 12.1. The topological polar surface area (TPSA) is 59.0 Å². The van der Waals surface area contributed by atoms with E-state index in [4.69, 9.17) is 33.7 Å². The number of nitriles is 1. The van der Waals surface area contributed by atoms with Gasteiger partial charge in [-0.1, -0.05) is 65.7 Å². The zero-order valence-electron chi connectivity index (χ0n) is 13.0. The summed E-state index contributed by atoms with van der Waals surface area (Å²) in [5.41, 5.74) is 8.03. The van der Waals surface area contributed by atoms with Gasteiger partial charge in [-0.2, -0.15) is 5.26 Å². The summed E-state index contributed by atoms with van der Waals surface area (Å²) in [5, 5.41) is 12.6. The lowest BCUT2D eigenvalue weighted by Crippen LogP contribution is -2.21. The Bertz CT molecular complexity index is 1080. The molecule has 0 spiro atoms. The summed E-state index contributed by atoms with van der Waals surface area (Å²) in [4.78, 5) is 0. The average molecular weight is 367 g/mol. The Morgan fingerprint density at radius 3 is 2.52 bits per heavy atom. The van der Waals surface area contributed by atoms with Crippen LogP contribution in [0, 0.1) is 11.3 Å². The van der Waals surface area contributed by atoms with E-state index in [-0.39, 0.29) is 5.88 Å². The number of benzene rings is 3. The van der Waals surface area contributed by atoms with Crippen LogP contribution in [0.15, 0.2) is 66.1 Å². The van der Waals surface area contributed by atoms with E-state index < -0.39 is 5.92 Å². The molecule has 1 heterocycles. The fourth-order valence-electron chi connectivity index (χ4n) is 3.24. The van der Waals surface area contributed by atoms with E-state index in [2.05, 4.69) is 6.07 Å². The van der Waals surface area contributed by atoms with Crippen molar-refractivity contribution >= 4 is 34.0 Å². The van der Waals surface area contributed by atoms with E-state index in [1.54, 1.807) is 12.1 Å². The summed E-state index contributed by atoms with van der Waals surface area (Å²) < 4.78 is 5.83. The Balaban J connectivity index is 2.03. The maximum Gasteiger partial charge on any atom is 0.205 e. The minimum Gasteiger partial charge on any atom is -0.440 e. The second-order valence-corrected chi connectivity index (χ2v) is 6.64. The van der Waals surface area contributed by atoms with Crippen molar-refractivity contribution in [3.05, 3.63) is 87.2 Å². The lowest BCUT2D eigenvalue weighted by molar-refractivity contribution is 0.398. The van der Waals surface area contributed by atoms with Gasteiger partial charge in [0, 0.05) is 21.0 Å². The molecular formula is C20H12Cl2N2O. The number of nitrogens with zero attached hydrogens (tertiary/aromatic N) is 1. The first kappa shape index (κ1) is 15.8. The van der Waals surface area contributed by atoms with Crippen LogP contribution in [-0.2, 0) is 0 Å². The standard InChI is InChI=1S/C20H12Cl2N2O/c21-12-6-8-14(17(22)9-12)18-15-7-5-11-3-1-2-4-13(11)19(15)25-20(24)16(18)10-23/h1-9,18H,24H2/t18-/m0/s1. The molecule has 0 unspecified atom stereocenters. The van der Waals surface area contributed by atoms with E-state index in [9.17, 15) is 5.26 Å². The molecule has 2 N–H and O–H groups in total. The number of allylic oxidation sites excluding steroid dienone is 1. The van der Waals surface area contributed by atoms with Crippen molar-refractivity contribution in [1.29, 1.82) is 5.26 Å². The summed E-state index contributed by atoms with van der Waals surface area (Å²) in [6, 6.07) is 19.3. The number of rotatable bonds is 1. The lowest BCUT2D eigenvalue weighted by Gasteiger charge is -2.28. The SMILES string of the molecule is N#CC1=C(N)Oc2c(ccc3ccccc23)[C@@H]1c1ccc(Cl)cc1Cl. The summed E-state index contributed by atoms with van der Waals surface area (Å²) in [7, 11) is 0. The van der Waals surface area contributed by atoms with Gasteiger partial charge in [-0.15, -0.1) is 0 Å². The van der Waals surface area contributed by atoms with Crippen LogP contribution in [0.4, 0.5) is 0 Å². The highest BCUT2D eigenvalue weighted by atomic mass is 35.5. The van der Waals surface area contributed by atoms with Crippen LogP contribution in [0.3, 0.4) is 0 Å². The van der Waals surface area contributed by atoms with Crippen molar-refractivity contribution in [2.24, 2.45) is 5.73 Å². The summed E-state index contributed by atoms with van der Waals surface area (Å²) in [6.07, 6.45) is 0. The van der Waals surface area contributed by atoms with Gasteiger partial charge in [0.2, 0.25) is 5.88 Å². The van der Waals surface area contributed by atoms with Crippen molar-refractivity contribution in [2.45, 2.75) is 5.92 Å². The number of hydrogen-bond donors (Lipinski definition) is 1. The molecule has 0 bridgehead atoms. The summed E-state index contributed by atoms with van der Waals surface area (Å²) in [6.45, 7) is 0. The number of ether oxygens (including phenoxy) is 1. The van der Waals surface area contributed by atoms with Crippen molar-refractivity contribution in [1.82, 2.24) is 0 Å². The molecule has 25 heavy (non-hydrogen) atoms. The Hall–Kier alpha value is -2.67. The number of hydrogen-bond acceptors (Lipinski definition) is 3. The van der Waals surface area contributed by atoms with Gasteiger partial charge in [0.25, 0.3) is 0 Å². The van der Waals surface area contributed by atoms with Gasteiger partial charge >= 0.3 is 0 Å². The zero-order valence-corrected chi connectivity index (χ0v) is 14.5. The third-order valence-corrected chi connectivity index (χ3v) is 4.94. The fraction of sp³-hybridized carbons (Fsp3) is 0.0500. The second-order valence-electron chi connectivity index (χ2n) is 5.80. The molecular weight excluding hydrogens is 355 g/mol. The fourth-order valence-corrected chi connectivity index (χ4v) is 3.76. The normalized spacial score (nSPS) is 16.3. The lowest BCUT2D eigenvalue weighted by atomic mass is 9.82. The molecule has 0 aliphatic carbocycles. The molecule has 5 heteroatoms. The molecule has 1 atom stereocenters. The highest BCUT2D eigenvalue weighted by molar-refractivity contribution is 6.35. The van der Waals surface area contributed by atoms with Crippen LogP contribution in [-0.4, -0.2) is 0 Å². The van der Waals surface area contributed by atoms with Gasteiger partial charge in [0.05, 0.1) is 5.92 Å². The van der Waals surface area contributed by atoms with Gasteiger partial charge in [-0.3, -0.25) is 0 Å². The maximum absolute atomic E-state index is 9.64. The quantitative estimate of drug-likeness (QED) is 0.630. The minimum absolute atomic E-state index is 0.0994. The highest BCUT2D eigenvalue weighted by Crippen LogP contribution is 2.47. The minimum atomic E-state index is -0.400. The van der Waals surface area contributed by atoms with Crippen LogP contribution in [0.2, 0.25) is 10.0 Å². The molecule has 4 rings (SSSR count). The van der Waals surface area contributed by atoms with E-state index in [0.29, 0.717) is 21.4 Å². The average Bonchev–Trinajstić information content (AvgIpc) is 2.61. The number of halogens is 2. The predicted octanol–water partition coefficient (Wildman–Crippen LogP) is 5.36. The molecule has 0 saturated heterocycles. The highest BCUT2D eigenvalue weighted by Gasteiger charge is 2.32. The van der Waals surface area contributed by atoms with Gasteiger partial charge in [-0.05, 0) is 23.1 Å². The Labute approximate surface area is 154 Å². The zero-order chi connectivity index (χ0) is 17.6. The molecule has 122 valence electrons.